The summed E-state index contributed by atoms with van der Waals surface area (Å²) >= 11 is 0. The Hall–Kier alpha value is -6.93. The average molecular weight is 1130 g/mol. The average Bonchev–Trinajstić information content (AvgIpc) is 3.35. The number of rotatable bonds is 39. The molecule has 0 saturated carbocycles. The first-order valence-electron chi connectivity index (χ1n) is 24.5. The number of nitrogens with one attached hydrogen (secondary N) is 9. The topological polar surface area (TPSA) is 444 Å². The minimum Gasteiger partial charge on any atom is -0.484 e. The van der Waals surface area contributed by atoms with Crippen molar-refractivity contribution in [3.05, 3.63) is 65.7 Å². The number of hydrogen-bond acceptors (Lipinski definition) is 15. The summed E-state index contributed by atoms with van der Waals surface area (Å²) in [6.07, 6.45) is 1.22. The SMILES string of the molecule is CCC[C@@H](C)NC(=O)N[C@@H](CCCCNC(=O)[C@H](Cc1ccccc1)NC(=O)COc1ccc(C[C@H](CC(=O)CNC(=O)CCC(NCCNCC(=O)O)C(=O)O)C(=O)NCC(=O)NC([P+](=O)O)P(=O)(O)O)cc1)C(=O)O. The molecular formula is C47H70N9O19P2+. The van der Waals surface area contributed by atoms with Crippen molar-refractivity contribution in [1.82, 2.24) is 47.9 Å². The lowest BCUT2D eigenvalue weighted by atomic mass is 9.93. The van der Waals surface area contributed by atoms with E-state index in [-0.39, 0.29) is 70.1 Å². The molecule has 0 bridgehead atoms. The molecule has 15 N–H and O–H groups in total. The van der Waals surface area contributed by atoms with Crippen molar-refractivity contribution < 1.29 is 91.8 Å². The fourth-order valence-corrected chi connectivity index (χ4v) is 8.82. The van der Waals surface area contributed by atoms with Gasteiger partial charge in [0.05, 0.1) is 19.6 Å². The molecule has 0 aromatic heterocycles. The van der Waals surface area contributed by atoms with Crippen LogP contribution in [0.4, 0.5) is 4.79 Å². The molecule has 0 heterocycles. The van der Waals surface area contributed by atoms with Gasteiger partial charge < -0.3 is 72.4 Å². The number of carbonyl (C=O) groups excluding carboxylic acids is 7. The highest BCUT2D eigenvalue weighted by atomic mass is 31.2. The van der Waals surface area contributed by atoms with E-state index in [1.807, 2.05) is 13.8 Å². The number of aliphatic carboxylic acids is 3. The second kappa shape index (κ2) is 35.4. The van der Waals surface area contributed by atoms with Crippen LogP contribution in [0.2, 0.25) is 0 Å². The fourth-order valence-electron chi connectivity index (χ4n) is 7.23. The number of carboxylic acids is 3. The summed E-state index contributed by atoms with van der Waals surface area (Å²) in [5.41, 5.74) is -1.31. The molecular weight excluding hydrogens is 1060 g/mol. The van der Waals surface area contributed by atoms with E-state index in [0.717, 1.165) is 18.4 Å². The van der Waals surface area contributed by atoms with Crippen molar-refractivity contribution in [3.8, 4) is 5.75 Å². The molecule has 0 radical (unpaired) electrons. The minimum absolute atomic E-state index is 0.0686. The Kier molecular flexibility index (Phi) is 30.4. The molecule has 30 heteroatoms. The van der Waals surface area contributed by atoms with E-state index in [1.54, 1.807) is 35.6 Å². The number of benzene rings is 2. The minimum atomic E-state index is -5.30. The third-order valence-electron chi connectivity index (χ3n) is 11.1. The van der Waals surface area contributed by atoms with Crippen molar-refractivity contribution in [2.75, 3.05) is 45.9 Å². The summed E-state index contributed by atoms with van der Waals surface area (Å²) < 4.78 is 28.7. The molecule has 0 fully saturated rings. The number of hydrogen-bond donors (Lipinski definition) is 15. The number of Topliss-reactive ketones (excluding diaryl/α,β-unsaturated/α-hetero) is 1. The quantitative estimate of drug-likeness (QED) is 0.0287. The molecule has 2 rings (SSSR count). The van der Waals surface area contributed by atoms with Crippen LogP contribution >= 0.6 is 15.6 Å². The van der Waals surface area contributed by atoms with Crippen LogP contribution in [0.5, 0.6) is 5.75 Å². The standard InChI is InChI=1S/C47H69N9O19P2/c1-3-9-29(2)53-46(69)55-36(45(67)68)12-7-8-19-50-43(64)37(23-30-10-5-4-6-11-30)54-40(60)28-75-34-15-13-31(14-16-34)22-32(42(63)52-26-39(59)56-47(76(70)71)77(72,73)74)24-33(57)25-51-38(58)18-17-35(44(65)66)49-21-20-48-27-41(61)62/h4-6,10-11,13-16,29,32,35-37,47-49H,3,7-9,12,17-28H2,1-2H3,(H12-,50,51,52,53,54,55,56,58,59,60,61,62,63,64,65,66,67,68,69,70,71,72,73,74)/p+1/t29-,32-,35?,36+,37+,47?/m1/s1. The second-order valence-corrected chi connectivity index (χ2v) is 20.9. The van der Waals surface area contributed by atoms with Gasteiger partial charge >= 0.3 is 45.1 Å². The van der Waals surface area contributed by atoms with Crippen molar-refractivity contribution >= 4 is 74.9 Å². The number of unbranched alkanes of at least 4 members (excludes halogenated alkanes) is 1. The predicted octanol–water partition coefficient (Wildman–Crippen LogP) is -0.820. The van der Waals surface area contributed by atoms with Gasteiger partial charge in [-0.15, -0.1) is 0 Å². The molecule has 3 unspecified atom stereocenters. The molecule has 28 nitrogen and oxygen atoms in total. The molecule has 0 aliphatic rings. The first-order valence-corrected chi connectivity index (χ1v) is 27.4. The molecule has 426 valence electrons. The summed E-state index contributed by atoms with van der Waals surface area (Å²) in [4.78, 5) is 153. The summed E-state index contributed by atoms with van der Waals surface area (Å²) in [5.74, 6) is -9.42. The lowest BCUT2D eigenvalue weighted by molar-refractivity contribution is -0.140. The van der Waals surface area contributed by atoms with Crippen molar-refractivity contribution in [2.24, 2.45) is 5.92 Å². The third kappa shape index (κ3) is 28.7. The van der Waals surface area contributed by atoms with Gasteiger partial charge in [-0.2, -0.15) is 4.89 Å². The maximum absolute atomic E-state index is 13.4. The van der Waals surface area contributed by atoms with Crippen molar-refractivity contribution in [3.63, 3.8) is 0 Å². The summed E-state index contributed by atoms with van der Waals surface area (Å²) in [6.45, 7) is 1.67. The monoisotopic (exact) mass is 1130 g/mol. The van der Waals surface area contributed by atoms with Crippen LogP contribution < -0.4 is 52.6 Å². The van der Waals surface area contributed by atoms with Gasteiger partial charge in [0.2, 0.25) is 23.6 Å². The zero-order chi connectivity index (χ0) is 57.5. The molecule has 2 aromatic rings. The Morgan fingerprint density at radius 1 is 0.649 bits per heavy atom. The number of urea groups is 1. The van der Waals surface area contributed by atoms with Crippen LogP contribution in [-0.4, -0.2) is 165 Å². The second-order valence-electron chi connectivity index (χ2n) is 17.7. The summed E-state index contributed by atoms with van der Waals surface area (Å²) in [6, 6.07) is 10.6. The largest absolute Gasteiger partial charge is 0.544 e. The van der Waals surface area contributed by atoms with E-state index in [1.165, 1.54) is 24.3 Å². The van der Waals surface area contributed by atoms with Crippen molar-refractivity contribution in [1.29, 1.82) is 0 Å². The smallest absolute Gasteiger partial charge is 0.484 e. The molecule has 7 amide bonds. The molecule has 7 atom stereocenters. The van der Waals surface area contributed by atoms with E-state index < -0.39 is 131 Å². The van der Waals surface area contributed by atoms with Gasteiger partial charge in [0.15, 0.2) is 12.4 Å². The van der Waals surface area contributed by atoms with Gasteiger partial charge in [-0.05, 0) is 73.3 Å². The Morgan fingerprint density at radius 2 is 1.31 bits per heavy atom. The molecule has 77 heavy (non-hydrogen) atoms. The Labute approximate surface area is 444 Å². The first-order chi connectivity index (χ1) is 36.4. The zero-order valence-electron chi connectivity index (χ0n) is 42.6. The molecule has 0 aliphatic heterocycles. The van der Waals surface area contributed by atoms with E-state index >= 15 is 0 Å². The zero-order valence-corrected chi connectivity index (χ0v) is 44.4. The third-order valence-corrected chi connectivity index (χ3v) is 13.9. The summed E-state index contributed by atoms with van der Waals surface area (Å²) in [7, 11) is -8.89. The van der Waals surface area contributed by atoms with E-state index in [0.29, 0.717) is 18.4 Å². The fraction of sp³-hybridized carbons (Fsp3) is 0.532. The first kappa shape index (κ1) is 66.2. The number of ketones is 1. The highest BCUT2D eigenvalue weighted by Crippen LogP contribution is 2.49. The van der Waals surface area contributed by atoms with Gasteiger partial charge in [-0.25, -0.2) is 9.59 Å². The molecule has 0 saturated heterocycles. The van der Waals surface area contributed by atoms with E-state index in [9.17, 15) is 82.0 Å². The van der Waals surface area contributed by atoms with Crippen LogP contribution in [0.25, 0.3) is 0 Å². The van der Waals surface area contributed by atoms with E-state index in [4.69, 9.17) is 9.84 Å². The highest BCUT2D eigenvalue weighted by Gasteiger charge is 2.47. The van der Waals surface area contributed by atoms with Crippen LogP contribution in [0.15, 0.2) is 54.6 Å². The molecule has 0 spiro atoms. The van der Waals surface area contributed by atoms with Gasteiger partial charge in [0.25, 0.3) is 5.91 Å². The Balaban J connectivity index is 2.08. The van der Waals surface area contributed by atoms with Gasteiger partial charge in [0.1, 0.15) is 23.9 Å². The van der Waals surface area contributed by atoms with Gasteiger partial charge in [0, 0.05) is 50.9 Å². The van der Waals surface area contributed by atoms with Crippen LogP contribution in [0.3, 0.4) is 0 Å². The van der Waals surface area contributed by atoms with Crippen molar-refractivity contribution in [2.45, 2.75) is 108 Å². The highest BCUT2D eigenvalue weighted by molar-refractivity contribution is 7.65. The number of ether oxygens (including phenoxy) is 1. The van der Waals surface area contributed by atoms with Gasteiger partial charge in [-0.1, -0.05) is 55.8 Å². The summed E-state index contributed by atoms with van der Waals surface area (Å²) in [5, 5.41) is 49.9. The van der Waals surface area contributed by atoms with Crippen LogP contribution in [0.1, 0.15) is 76.3 Å². The predicted molar refractivity (Wildman–Crippen MR) is 274 cm³/mol. The van der Waals surface area contributed by atoms with E-state index in [2.05, 4.69) is 42.5 Å². The Bertz CT molecular complexity index is 2360. The molecule has 0 aliphatic carbocycles. The number of carbonyl (C=O) groups is 10. The maximum Gasteiger partial charge on any atom is 0.544 e. The lowest BCUT2D eigenvalue weighted by Gasteiger charge is -2.20. The Morgan fingerprint density at radius 3 is 1.92 bits per heavy atom. The van der Waals surface area contributed by atoms with Crippen LogP contribution in [0, 0.1) is 5.92 Å². The van der Waals surface area contributed by atoms with Gasteiger partial charge in [-0.3, -0.25) is 48.2 Å². The lowest BCUT2D eigenvalue weighted by Crippen LogP contribution is -2.49. The normalized spacial score (nSPS) is 13.6. The molecule has 2 aromatic carbocycles. The van der Waals surface area contributed by atoms with Crippen LogP contribution in [-0.2, 0) is 65.1 Å². The number of carboxylic acid groups (broad SMARTS) is 3. The number of amides is 7. The maximum atomic E-state index is 13.4.